The van der Waals surface area contributed by atoms with Crippen LogP contribution in [0.15, 0.2) is 60.7 Å². The maximum absolute atomic E-state index is 2.74. The van der Waals surface area contributed by atoms with Gasteiger partial charge in [0.05, 0.1) is 0 Å². The van der Waals surface area contributed by atoms with Crippen LogP contribution in [0.5, 0.6) is 0 Å². The van der Waals surface area contributed by atoms with Crippen LogP contribution in [-0.2, 0) is 6.54 Å². The van der Waals surface area contributed by atoms with Crippen LogP contribution in [-0.4, -0.2) is 17.0 Å². The van der Waals surface area contributed by atoms with Gasteiger partial charge in [-0.1, -0.05) is 80.9 Å². The Hall–Kier alpha value is -1.86. The number of benzene rings is 2. The lowest BCUT2D eigenvalue weighted by Crippen LogP contribution is -2.47. The molecule has 4 rings (SSSR count). The molecular weight excluding hydrogens is 302 g/mol. The first-order valence-electron chi connectivity index (χ1n) is 9.81. The van der Waals surface area contributed by atoms with Gasteiger partial charge in [-0.3, -0.25) is 4.90 Å². The fourth-order valence-corrected chi connectivity index (χ4v) is 4.45. The third-order valence-electron chi connectivity index (χ3n) is 5.94. The van der Waals surface area contributed by atoms with Gasteiger partial charge >= 0.3 is 0 Å². The molecule has 2 unspecified atom stereocenters. The highest BCUT2D eigenvalue weighted by Gasteiger charge is 2.33. The Morgan fingerprint density at radius 1 is 0.960 bits per heavy atom. The number of fused-ring (bicyclic) bond motifs is 2. The second-order valence-corrected chi connectivity index (χ2v) is 7.98. The average molecular weight is 332 g/mol. The van der Waals surface area contributed by atoms with Gasteiger partial charge in [0.1, 0.15) is 0 Å². The van der Waals surface area contributed by atoms with Crippen molar-refractivity contribution >= 4 is 5.57 Å². The summed E-state index contributed by atoms with van der Waals surface area (Å²) in [4.78, 5) is 2.74. The summed E-state index contributed by atoms with van der Waals surface area (Å²) in [6, 6.07) is 21.6. The molecule has 1 saturated heterocycles. The van der Waals surface area contributed by atoms with Crippen molar-refractivity contribution < 1.29 is 0 Å². The summed E-state index contributed by atoms with van der Waals surface area (Å²) in [5.41, 5.74) is 5.87. The zero-order valence-electron chi connectivity index (χ0n) is 15.5. The van der Waals surface area contributed by atoms with E-state index in [-0.39, 0.29) is 0 Å². The van der Waals surface area contributed by atoms with E-state index in [2.05, 4.69) is 79.4 Å². The lowest BCUT2D eigenvalue weighted by atomic mass is 9.82. The SMILES string of the molecule is CC(C)c1ccc(C2=CC3CCCC(C2)N3Cc2ccccc2)cc1. The molecule has 2 aliphatic heterocycles. The van der Waals surface area contributed by atoms with Crippen LogP contribution in [0.1, 0.15) is 62.1 Å². The standard InChI is InChI=1S/C24H29N/c1-18(2)20-11-13-21(14-12-20)22-15-23-9-6-10-24(16-22)25(23)17-19-7-4-3-5-8-19/h3-5,7-8,11-15,18,23-24H,6,9-10,16-17H2,1-2H3. The minimum atomic E-state index is 0.604. The molecule has 2 aromatic carbocycles. The second-order valence-electron chi connectivity index (χ2n) is 7.98. The Morgan fingerprint density at radius 2 is 1.72 bits per heavy atom. The Bertz CT molecular complexity index is 726. The molecule has 0 amide bonds. The summed E-state index contributed by atoms with van der Waals surface area (Å²) >= 11 is 0. The van der Waals surface area contributed by atoms with E-state index in [4.69, 9.17) is 0 Å². The van der Waals surface area contributed by atoms with Crippen LogP contribution in [0.25, 0.3) is 5.57 Å². The van der Waals surface area contributed by atoms with Crippen LogP contribution in [0.2, 0.25) is 0 Å². The lowest BCUT2D eigenvalue weighted by molar-refractivity contribution is 0.0951. The fraction of sp³-hybridized carbons (Fsp3) is 0.417. The van der Waals surface area contributed by atoms with E-state index >= 15 is 0 Å². The first-order valence-corrected chi connectivity index (χ1v) is 9.81. The van der Waals surface area contributed by atoms with Gasteiger partial charge < -0.3 is 0 Å². The maximum atomic E-state index is 2.74. The molecule has 1 nitrogen and oxygen atoms in total. The minimum absolute atomic E-state index is 0.604. The minimum Gasteiger partial charge on any atom is -0.289 e. The largest absolute Gasteiger partial charge is 0.289 e. The van der Waals surface area contributed by atoms with E-state index in [1.54, 1.807) is 5.57 Å². The summed E-state index contributed by atoms with van der Waals surface area (Å²) in [6.45, 7) is 5.62. The first-order chi connectivity index (χ1) is 12.2. The molecule has 2 aromatic rings. The lowest BCUT2D eigenvalue weighted by Gasteiger charge is -2.45. The van der Waals surface area contributed by atoms with Gasteiger partial charge in [0.15, 0.2) is 0 Å². The summed E-state index contributed by atoms with van der Waals surface area (Å²) in [7, 11) is 0. The van der Waals surface area contributed by atoms with Crippen molar-refractivity contribution in [2.45, 2.75) is 64.1 Å². The number of rotatable bonds is 4. The highest BCUT2D eigenvalue weighted by molar-refractivity contribution is 5.68. The van der Waals surface area contributed by atoms with Gasteiger partial charge in [-0.25, -0.2) is 0 Å². The summed E-state index contributed by atoms with van der Waals surface area (Å²) in [5.74, 6) is 0.607. The van der Waals surface area contributed by atoms with Crippen LogP contribution in [0.4, 0.5) is 0 Å². The van der Waals surface area contributed by atoms with Crippen molar-refractivity contribution in [1.82, 2.24) is 4.90 Å². The van der Waals surface area contributed by atoms with Crippen molar-refractivity contribution in [1.29, 1.82) is 0 Å². The molecule has 25 heavy (non-hydrogen) atoms. The molecule has 2 bridgehead atoms. The molecule has 2 aliphatic rings. The molecule has 1 heteroatoms. The molecule has 0 aliphatic carbocycles. The molecule has 0 aromatic heterocycles. The van der Waals surface area contributed by atoms with Crippen LogP contribution in [0.3, 0.4) is 0 Å². The van der Waals surface area contributed by atoms with Crippen molar-refractivity contribution in [3.63, 3.8) is 0 Å². The molecule has 0 radical (unpaired) electrons. The summed E-state index contributed by atoms with van der Waals surface area (Å²) in [6.07, 6.45) is 7.77. The molecule has 1 fully saturated rings. The first kappa shape index (κ1) is 16.6. The highest BCUT2D eigenvalue weighted by atomic mass is 15.2. The molecule has 2 heterocycles. The average Bonchev–Trinajstić information content (AvgIpc) is 2.62. The highest BCUT2D eigenvalue weighted by Crippen LogP contribution is 2.38. The molecular formula is C24H29N. The Labute approximate surface area is 152 Å². The molecule has 0 saturated carbocycles. The molecule has 2 atom stereocenters. The number of hydrogen-bond acceptors (Lipinski definition) is 1. The topological polar surface area (TPSA) is 3.24 Å². The van der Waals surface area contributed by atoms with Gasteiger partial charge in [-0.05, 0) is 47.4 Å². The Balaban J connectivity index is 1.56. The maximum Gasteiger partial charge on any atom is 0.0290 e. The normalized spacial score (nSPS) is 23.6. The van der Waals surface area contributed by atoms with Gasteiger partial charge in [0.2, 0.25) is 0 Å². The van der Waals surface area contributed by atoms with Crippen LogP contribution in [0, 0.1) is 0 Å². The van der Waals surface area contributed by atoms with Gasteiger partial charge in [-0.15, -0.1) is 0 Å². The molecule has 0 N–H and O–H groups in total. The number of piperidine rings is 1. The van der Waals surface area contributed by atoms with E-state index in [0.717, 1.165) is 6.54 Å². The van der Waals surface area contributed by atoms with E-state index in [1.165, 1.54) is 42.4 Å². The second kappa shape index (κ2) is 7.17. The third kappa shape index (κ3) is 3.57. The summed E-state index contributed by atoms with van der Waals surface area (Å²) in [5, 5.41) is 0. The Morgan fingerprint density at radius 3 is 2.40 bits per heavy atom. The summed E-state index contributed by atoms with van der Waals surface area (Å²) < 4.78 is 0. The van der Waals surface area contributed by atoms with Crippen molar-refractivity contribution in [3.8, 4) is 0 Å². The quantitative estimate of drug-likeness (QED) is 0.662. The monoisotopic (exact) mass is 331 g/mol. The smallest absolute Gasteiger partial charge is 0.0290 e. The van der Waals surface area contributed by atoms with Crippen molar-refractivity contribution in [2.75, 3.05) is 0 Å². The zero-order valence-corrected chi connectivity index (χ0v) is 15.5. The van der Waals surface area contributed by atoms with E-state index in [0.29, 0.717) is 18.0 Å². The predicted octanol–water partition coefficient (Wildman–Crippen LogP) is 6.02. The van der Waals surface area contributed by atoms with Crippen molar-refractivity contribution in [2.24, 2.45) is 0 Å². The Kier molecular flexibility index (Phi) is 4.76. The van der Waals surface area contributed by atoms with E-state index in [1.807, 2.05) is 0 Å². The van der Waals surface area contributed by atoms with Gasteiger partial charge in [0, 0.05) is 18.6 Å². The van der Waals surface area contributed by atoms with Gasteiger partial charge in [-0.2, -0.15) is 0 Å². The van der Waals surface area contributed by atoms with Crippen LogP contribution < -0.4 is 0 Å². The van der Waals surface area contributed by atoms with E-state index in [9.17, 15) is 0 Å². The molecule has 0 spiro atoms. The number of hydrogen-bond donors (Lipinski definition) is 0. The third-order valence-corrected chi connectivity index (χ3v) is 5.94. The van der Waals surface area contributed by atoms with Crippen molar-refractivity contribution in [3.05, 3.63) is 77.4 Å². The molecule has 130 valence electrons. The predicted molar refractivity (Wildman–Crippen MR) is 107 cm³/mol. The van der Waals surface area contributed by atoms with Gasteiger partial charge in [0.25, 0.3) is 0 Å². The zero-order chi connectivity index (χ0) is 17.2. The van der Waals surface area contributed by atoms with E-state index < -0.39 is 0 Å². The number of nitrogens with zero attached hydrogens (tertiary/aromatic N) is 1. The fourth-order valence-electron chi connectivity index (χ4n) is 4.45. The van der Waals surface area contributed by atoms with Crippen LogP contribution >= 0.6 is 0 Å².